The Labute approximate surface area is 177 Å². The Bertz CT molecular complexity index is 783. The summed E-state index contributed by atoms with van der Waals surface area (Å²) in [5, 5.41) is 8.94. The van der Waals surface area contributed by atoms with Crippen LogP contribution in [0.2, 0.25) is 0 Å². The smallest absolute Gasteiger partial charge is 0.265 e. The van der Waals surface area contributed by atoms with E-state index in [4.69, 9.17) is 0 Å². The average Bonchev–Trinajstić information content (AvgIpc) is 3.27. The van der Waals surface area contributed by atoms with Gasteiger partial charge in [-0.05, 0) is 42.5 Å². The predicted octanol–water partition coefficient (Wildman–Crippen LogP) is 5.98. The van der Waals surface area contributed by atoms with Gasteiger partial charge in [0, 0.05) is 12.1 Å². The zero-order chi connectivity index (χ0) is 20.9. The molecule has 29 heavy (non-hydrogen) atoms. The number of carbonyl (C=O) groups is 2. The fourth-order valence-corrected chi connectivity index (χ4v) is 3.52. The van der Waals surface area contributed by atoms with Gasteiger partial charge in [-0.15, -0.1) is 11.3 Å². The van der Waals surface area contributed by atoms with E-state index in [0.717, 1.165) is 29.8 Å². The Morgan fingerprint density at radius 1 is 0.966 bits per heavy atom. The molecule has 0 saturated heterocycles. The predicted molar refractivity (Wildman–Crippen MR) is 122 cm³/mol. The van der Waals surface area contributed by atoms with Crippen LogP contribution in [0.4, 0.5) is 5.69 Å². The summed E-state index contributed by atoms with van der Waals surface area (Å²) >= 11 is 1.41. The second-order valence-corrected chi connectivity index (χ2v) is 8.06. The van der Waals surface area contributed by atoms with Crippen molar-refractivity contribution in [3.8, 4) is 0 Å². The largest absolute Gasteiger partial charge is 0.321 e. The molecule has 2 aromatic rings. The number of benzene rings is 1. The molecule has 1 heterocycles. The van der Waals surface area contributed by atoms with E-state index in [1.54, 1.807) is 6.07 Å². The van der Waals surface area contributed by atoms with E-state index >= 15 is 0 Å². The first-order valence-electron chi connectivity index (χ1n) is 10.4. The van der Waals surface area contributed by atoms with Gasteiger partial charge in [-0.25, -0.2) is 5.43 Å². The van der Waals surface area contributed by atoms with Gasteiger partial charge < -0.3 is 5.32 Å². The lowest BCUT2D eigenvalue weighted by molar-refractivity contribution is -0.121. The van der Waals surface area contributed by atoms with Crippen LogP contribution in [0.3, 0.4) is 0 Å². The molecule has 2 rings (SSSR count). The molecule has 1 aromatic heterocycles. The van der Waals surface area contributed by atoms with Gasteiger partial charge >= 0.3 is 0 Å². The molecule has 0 atom stereocenters. The first kappa shape index (κ1) is 22.8. The highest BCUT2D eigenvalue weighted by Crippen LogP contribution is 2.15. The zero-order valence-corrected chi connectivity index (χ0v) is 18.2. The summed E-state index contributed by atoms with van der Waals surface area (Å²) in [6.07, 6.45) is 8.83. The molecule has 2 amide bonds. The first-order valence-corrected chi connectivity index (χ1v) is 11.3. The highest BCUT2D eigenvalue weighted by atomic mass is 32.1. The van der Waals surface area contributed by atoms with Gasteiger partial charge in [-0.1, -0.05) is 63.6 Å². The molecule has 5 nitrogen and oxygen atoms in total. The molecule has 2 N–H and O–H groups in total. The Morgan fingerprint density at radius 2 is 1.66 bits per heavy atom. The lowest BCUT2D eigenvalue weighted by Gasteiger charge is -2.06. The van der Waals surface area contributed by atoms with Gasteiger partial charge in [-0.2, -0.15) is 5.10 Å². The molecule has 156 valence electrons. The Kier molecular flexibility index (Phi) is 10.1. The molecule has 0 fully saturated rings. The molecule has 0 aliphatic rings. The number of hydrogen-bond donors (Lipinski definition) is 2. The van der Waals surface area contributed by atoms with Gasteiger partial charge in [0.25, 0.3) is 5.91 Å². The summed E-state index contributed by atoms with van der Waals surface area (Å²) in [4.78, 5) is 24.7. The zero-order valence-electron chi connectivity index (χ0n) is 17.4. The molecule has 0 saturated carbocycles. The van der Waals surface area contributed by atoms with Crippen LogP contribution in [0, 0.1) is 0 Å². The lowest BCUT2D eigenvalue weighted by atomic mass is 10.1. The number of hydrazone groups is 1. The van der Waals surface area contributed by atoms with Crippen LogP contribution in [-0.2, 0) is 4.79 Å². The summed E-state index contributed by atoms with van der Waals surface area (Å²) in [5.41, 5.74) is 4.99. The minimum atomic E-state index is -0.115. The van der Waals surface area contributed by atoms with Crippen molar-refractivity contribution in [2.24, 2.45) is 5.10 Å². The van der Waals surface area contributed by atoms with E-state index < -0.39 is 0 Å². The number of hydrogen-bond acceptors (Lipinski definition) is 4. The van der Waals surface area contributed by atoms with E-state index in [0.29, 0.717) is 11.3 Å². The van der Waals surface area contributed by atoms with Crippen molar-refractivity contribution in [2.45, 2.75) is 65.2 Å². The fraction of sp³-hybridized carbons (Fsp3) is 0.435. The minimum Gasteiger partial charge on any atom is -0.321 e. The standard InChI is InChI=1S/C23H31N3O2S/c1-3-4-5-6-7-8-9-12-22(27)26-25-18(2)19-13-15-20(16-14-19)24-23(28)21-11-10-17-29-21/h10-11,13-17H,3-9,12H2,1-2H3,(H,24,28)(H,26,27)/b25-18+. The third-order valence-corrected chi connectivity index (χ3v) is 5.53. The quantitative estimate of drug-likeness (QED) is 0.255. The van der Waals surface area contributed by atoms with Gasteiger partial charge in [0.15, 0.2) is 0 Å². The maximum absolute atomic E-state index is 12.1. The van der Waals surface area contributed by atoms with Crippen LogP contribution in [0.25, 0.3) is 0 Å². The van der Waals surface area contributed by atoms with E-state index in [1.807, 2.05) is 42.6 Å². The van der Waals surface area contributed by atoms with Crippen LogP contribution in [0.1, 0.15) is 80.4 Å². The molecule has 0 bridgehead atoms. The van der Waals surface area contributed by atoms with Crippen molar-refractivity contribution >= 4 is 34.6 Å². The molecule has 1 aromatic carbocycles. The van der Waals surface area contributed by atoms with E-state index in [2.05, 4.69) is 22.8 Å². The van der Waals surface area contributed by atoms with E-state index in [9.17, 15) is 9.59 Å². The number of nitrogens with one attached hydrogen (secondary N) is 2. The summed E-state index contributed by atoms with van der Waals surface area (Å²) in [6.45, 7) is 4.07. The third kappa shape index (κ3) is 8.60. The SMILES string of the molecule is CCCCCCCCCC(=O)N/N=C(\C)c1ccc(NC(=O)c2cccs2)cc1. The fourth-order valence-electron chi connectivity index (χ4n) is 2.90. The number of unbranched alkanes of at least 4 members (excludes halogenated alkanes) is 6. The van der Waals surface area contributed by atoms with Crippen LogP contribution in [0.5, 0.6) is 0 Å². The van der Waals surface area contributed by atoms with Gasteiger partial charge in [0.2, 0.25) is 5.91 Å². The molecule has 0 radical (unpaired) electrons. The summed E-state index contributed by atoms with van der Waals surface area (Å²) < 4.78 is 0. The second-order valence-electron chi connectivity index (χ2n) is 7.11. The van der Waals surface area contributed by atoms with E-state index in [1.165, 1.54) is 43.4 Å². The van der Waals surface area contributed by atoms with Crippen molar-refractivity contribution in [1.82, 2.24) is 5.43 Å². The second kappa shape index (κ2) is 12.9. The molecule has 0 spiro atoms. The molecule has 0 aliphatic carbocycles. The minimum absolute atomic E-state index is 0.0438. The number of nitrogens with zero attached hydrogens (tertiary/aromatic N) is 1. The molecule has 0 aliphatic heterocycles. The Hall–Kier alpha value is -2.47. The van der Waals surface area contributed by atoms with E-state index in [-0.39, 0.29) is 11.8 Å². The van der Waals surface area contributed by atoms with Crippen LogP contribution >= 0.6 is 11.3 Å². The summed E-state index contributed by atoms with van der Waals surface area (Å²) in [6, 6.07) is 11.1. The van der Waals surface area contributed by atoms with Crippen molar-refractivity contribution < 1.29 is 9.59 Å². The Balaban J connectivity index is 1.72. The molecule has 0 unspecified atom stereocenters. The third-order valence-electron chi connectivity index (χ3n) is 4.66. The van der Waals surface area contributed by atoms with Gasteiger partial charge in [0.1, 0.15) is 0 Å². The monoisotopic (exact) mass is 413 g/mol. The topological polar surface area (TPSA) is 70.6 Å². The molecule has 6 heteroatoms. The summed E-state index contributed by atoms with van der Waals surface area (Å²) in [5.74, 6) is -0.159. The van der Waals surface area contributed by atoms with Crippen LogP contribution in [0.15, 0.2) is 46.9 Å². The van der Waals surface area contributed by atoms with Crippen molar-refractivity contribution in [3.05, 3.63) is 52.2 Å². The number of amides is 2. The highest BCUT2D eigenvalue weighted by Gasteiger charge is 2.07. The Morgan fingerprint density at radius 3 is 2.31 bits per heavy atom. The molecular formula is C23H31N3O2S. The number of thiophene rings is 1. The van der Waals surface area contributed by atoms with Crippen molar-refractivity contribution in [2.75, 3.05) is 5.32 Å². The highest BCUT2D eigenvalue weighted by molar-refractivity contribution is 7.12. The van der Waals surface area contributed by atoms with Gasteiger partial charge in [0.05, 0.1) is 10.6 Å². The van der Waals surface area contributed by atoms with Crippen molar-refractivity contribution in [3.63, 3.8) is 0 Å². The van der Waals surface area contributed by atoms with Crippen LogP contribution < -0.4 is 10.7 Å². The first-order chi connectivity index (χ1) is 14.1. The van der Waals surface area contributed by atoms with Crippen LogP contribution in [-0.4, -0.2) is 17.5 Å². The average molecular weight is 414 g/mol. The molecular weight excluding hydrogens is 382 g/mol. The maximum atomic E-state index is 12.1. The summed E-state index contributed by atoms with van der Waals surface area (Å²) in [7, 11) is 0. The lowest BCUT2D eigenvalue weighted by Crippen LogP contribution is -2.18. The number of anilines is 1. The maximum Gasteiger partial charge on any atom is 0.265 e. The van der Waals surface area contributed by atoms with Crippen molar-refractivity contribution in [1.29, 1.82) is 0 Å². The normalized spacial score (nSPS) is 11.3. The number of rotatable bonds is 12. The van der Waals surface area contributed by atoms with Gasteiger partial charge in [-0.3, -0.25) is 9.59 Å². The number of carbonyl (C=O) groups excluding carboxylic acids is 2.